The van der Waals surface area contributed by atoms with Crippen molar-refractivity contribution in [1.29, 1.82) is 0 Å². The topological polar surface area (TPSA) is 104 Å². The molecule has 2 aliphatic heterocycles. The fraction of sp³-hybridized carbons (Fsp3) is 0.667. The van der Waals surface area contributed by atoms with Crippen molar-refractivity contribution in [1.82, 2.24) is 0 Å². The van der Waals surface area contributed by atoms with E-state index in [1.165, 1.54) is 0 Å². The van der Waals surface area contributed by atoms with Gasteiger partial charge in [-0.1, -0.05) is 18.2 Å². The van der Waals surface area contributed by atoms with Gasteiger partial charge in [0.05, 0.1) is 25.6 Å². The highest BCUT2D eigenvalue weighted by atomic mass is 16.8. The molecular weight excluding hydrogens is 452 g/mol. The number of carboxylic acids is 1. The van der Waals surface area contributed by atoms with E-state index >= 15 is 0 Å². The van der Waals surface area contributed by atoms with Crippen LogP contribution < -0.4 is 4.74 Å². The monoisotopic (exact) mass is 490 g/mol. The maximum Gasteiger partial charge on any atom is 0.303 e. The number of aliphatic hydroxyl groups is 1. The first kappa shape index (κ1) is 25.9. The van der Waals surface area contributed by atoms with E-state index in [1.54, 1.807) is 0 Å². The Labute approximate surface area is 207 Å². The number of carbonyl (C=O) groups is 1. The fourth-order valence-corrected chi connectivity index (χ4v) is 5.04. The van der Waals surface area contributed by atoms with Gasteiger partial charge in [-0.15, -0.1) is 0 Å². The van der Waals surface area contributed by atoms with Gasteiger partial charge in [-0.05, 0) is 75.0 Å². The van der Waals surface area contributed by atoms with Crippen molar-refractivity contribution in [3.05, 3.63) is 42.2 Å². The summed E-state index contributed by atoms with van der Waals surface area (Å²) in [7, 11) is 0. The van der Waals surface area contributed by atoms with Crippen LogP contribution in [0.25, 0.3) is 0 Å². The van der Waals surface area contributed by atoms with Gasteiger partial charge in [-0.25, -0.2) is 0 Å². The molecule has 3 fully saturated rings. The van der Waals surface area contributed by atoms with E-state index in [0.717, 1.165) is 38.5 Å². The second-order valence-corrected chi connectivity index (χ2v) is 9.70. The SMILES string of the molecule is O=C(O)CC1CC(C=C(CC(Oc2ccccc2)OC2CCCCO2)OC2CCCCO2)CC1O. The van der Waals surface area contributed by atoms with Crippen molar-refractivity contribution in [2.75, 3.05) is 13.2 Å². The Morgan fingerprint density at radius 2 is 1.74 bits per heavy atom. The van der Waals surface area contributed by atoms with Crippen LogP contribution in [0.5, 0.6) is 5.75 Å². The minimum absolute atomic E-state index is 0.0104. The minimum atomic E-state index is -0.886. The predicted octanol–water partition coefficient (Wildman–Crippen LogP) is 4.61. The van der Waals surface area contributed by atoms with Crippen molar-refractivity contribution in [2.24, 2.45) is 11.8 Å². The predicted molar refractivity (Wildman–Crippen MR) is 127 cm³/mol. The molecule has 8 heteroatoms. The molecule has 8 nitrogen and oxygen atoms in total. The van der Waals surface area contributed by atoms with Crippen molar-refractivity contribution >= 4 is 5.97 Å². The molecule has 0 spiro atoms. The van der Waals surface area contributed by atoms with Crippen LogP contribution in [0.2, 0.25) is 0 Å². The summed E-state index contributed by atoms with van der Waals surface area (Å²) in [6.45, 7) is 1.33. The van der Waals surface area contributed by atoms with Gasteiger partial charge in [-0.2, -0.15) is 0 Å². The van der Waals surface area contributed by atoms with Crippen molar-refractivity contribution in [3.63, 3.8) is 0 Å². The molecule has 6 atom stereocenters. The first-order valence-corrected chi connectivity index (χ1v) is 12.9. The van der Waals surface area contributed by atoms with E-state index in [4.69, 9.17) is 23.7 Å². The summed E-state index contributed by atoms with van der Waals surface area (Å²) in [5.41, 5.74) is 0. The smallest absolute Gasteiger partial charge is 0.303 e. The zero-order valence-electron chi connectivity index (χ0n) is 20.3. The lowest BCUT2D eigenvalue weighted by molar-refractivity contribution is -0.234. The van der Waals surface area contributed by atoms with E-state index in [9.17, 15) is 15.0 Å². The number of hydrogen-bond acceptors (Lipinski definition) is 7. The van der Waals surface area contributed by atoms with E-state index in [2.05, 4.69) is 0 Å². The summed E-state index contributed by atoms with van der Waals surface area (Å²) in [6, 6.07) is 9.53. The average molecular weight is 491 g/mol. The van der Waals surface area contributed by atoms with Crippen LogP contribution in [-0.2, 0) is 23.7 Å². The molecule has 0 amide bonds. The summed E-state index contributed by atoms with van der Waals surface area (Å²) in [6.07, 6.45) is 7.25. The third-order valence-corrected chi connectivity index (χ3v) is 6.79. The molecule has 194 valence electrons. The van der Waals surface area contributed by atoms with Gasteiger partial charge >= 0.3 is 5.97 Å². The van der Waals surface area contributed by atoms with Crippen molar-refractivity contribution in [2.45, 2.75) is 89.2 Å². The minimum Gasteiger partial charge on any atom is -0.481 e. The Morgan fingerprint density at radius 3 is 2.40 bits per heavy atom. The highest BCUT2D eigenvalue weighted by Crippen LogP contribution is 2.36. The van der Waals surface area contributed by atoms with E-state index in [1.807, 2.05) is 36.4 Å². The maximum absolute atomic E-state index is 11.2. The number of aliphatic carboxylic acids is 1. The largest absolute Gasteiger partial charge is 0.481 e. The Hall–Kier alpha value is -2.13. The zero-order valence-corrected chi connectivity index (χ0v) is 20.3. The molecule has 4 rings (SSSR count). The lowest BCUT2D eigenvalue weighted by Crippen LogP contribution is -2.32. The standard InChI is InChI=1S/C27H38O8/c28-23-16-19(14-20(23)17-24(29)30)15-22(34-25-10-4-6-12-31-25)18-27(33-21-8-2-1-3-9-21)35-26-11-5-7-13-32-26/h1-3,8-9,15,19-20,23,25-28H,4-7,10-14,16-18H2,(H,29,30). The number of benzene rings is 1. The van der Waals surface area contributed by atoms with Crippen LogP contribution in [0.1, 0.15) is 64.2 Å². The molecule has 0 bridgehead atoms. The van der Waals surface area contributed by atoms with Gasteiger partial charge in [0, 0.05) is 13.0 Å². The number of carboxylic acid groups (broad SMARTS) is 1. The summed E-state index contributed by atoms with van der Waals surface area (Å²) in [5.74, 6) is 0.240. The number of hydrogen-bond donors (Lipinski definition) is 2. The Morgan fingerprint density at radius 1 is 1.03 bits per heavy atom. The molecule has 2 saturated heterocycles. The lowest BCUT2D eigenvalue weighted by atomic mass is 10.00. The molecular formula is C27H38O8. The summed E-state index contributed by atoms with van der Waals surface area (Å²) in [4.78, 5) is 11.2. The van der Waals surface area contributed by atoms with Crippen molar-refractivity contribution < 1.29 is 38.7 Å². The Kier molecular flexibility index (Phi) is 9.83. The van der Waals surface area contributed by atoms with Gasteiger partial charge in [-0.3, -0.25) is 4.79 Å². The average Bonchev–Trinajstić information content (AvgIpc) is 3.18. The van der Waals surface area contributed by atoms with Gasteiger partial charge in [0.1, 0.15) is 11.5 Å². The van der Waals surface area contributed by atoms with Crippen molar-refractivity contribution in [3.8, 4) is 5.75 Å². The molecule has 35 heavy (non-hydrogen) atoms. The molecule has 0 radical (unpaired) electrons. The molecule has 1 aliphatic carbocycles. The molecule has 1 aromatic rings. The second-order valence-electron chi connectivity index (χ2n) is 9.70. The number of allylic oxidation sites excluding steroid dienone is 1. The van der Waals surface area contributed by atoms with Crippen LogP contribution in [0, 0.1) is 11.8 Å². The van der Waals surface area contributed by atoms with Gasteiger partial charge in [0.15, 0.2) is 12.6 Å². The van der Waals surface area contributed by atoms with E-state index < -0.39 is 18.4 Å². The molecule has 6 unspecified atom stereocenters. The van der Waals surface area contributed by atoms with Gasteiger partial charge < -0.3 is 33.9 Å². The third-order valence-electron chi connectivity index (χ3n) is 6.79. The lowest BCUT2D eigenvalue weighted by Gasteiger charge is -2.30. The van der Waals surface area contributed by atoms with E-state index in [0.29, 0.717) is 44.0 Å². The maximum atomic E-state index is 11.2. The van der Waals surface area contributed by atoms with Crippen LogP contribution in [0.15, 0.2) is 42.2 Å². The van der Waals surface area contributed by atoms with Gasteiger partial charge in [0.2, 0.25) is 6.29 Å². The number of para-hydroxylation sites is 1. The number of ether oxygens (including phenoxy) is 5. The van der Waals surface area contributed by atoms with Gasteiger partial charge in [0.25, 0.3) is 0 Å². The quantitative estimate of drug-likeness (QED) is 0.342. The molecule has 1 aromatic carbocycles. The first-order chi connectivity index (χ1) is 17.0. The first-order valence-electron chi connectivity index (χ1n) is 12.9. The normalized spacial score (nSPS) is 30.5. The molecule has 2 N–H and O–H groups in total. The van der Waals surface area contributed by atoms with Crippen LogP contribution >= 0.6 is 0 Å². The molecule has 0 aromatic heterocycles. The van der Waals surface area contributed by atoms with Crippen LogP contribution in [0.3, 0.4) is 0 Å². The number of aliphatic hydroxyl groups excluding tert-OH is 1. The Balaban J connectivity index is 1.49. The van der Waals surface area contributed by atoms with E-state index in [-0.39, 0.29) is 30.8 Å². The fourth-order valence-electron chi connectivity index (χ4n) is 5.04. The number of rotatable bonds is 11. The molecule has 2 heterocycles. The summed E-state index contributed by atoms with van der Waals surface area (Å²) >= 11 is 0. The highest BCUT2D eigenvalue weighted by molar-refractivity contribution is 5.67. The van der Waals surface area contributed by atoms with Crippen LogP contribution in [-0.4, -0.2) is 54.4 Å². The third kappa shape index (κ3) is 8.49. The zero-order chi connectivity index (χ0) is 24.5. The molecule has 3 aliphatic rings. The van der Waals surface area contributed by atoms with Crippen LogP contribution in [0.4, 0.5) is 0 Å². The summed E-state index contributed by atoms with van der Waals surface area (Å²) in [5, 5.41) is 19.6. The Bertz CT molecular complexity index is 801. The molecule has 1 saturated carbocycles. The highest BCUT2D eigenvalue weighted by Gasteiger charge is 2.34. The summed E-state index contributed by atoms with van der Waals surface area (Å²) < 4.78 is 30.4. The second kappa shape index (κ2) is 13.3.